The zero-order chi connectivity index (χ0) is 22.4. The zero-order valence-electron chi connectivity index (χ0n) is 20.5. The molecule has 5 aliphatic rings. The Bertz CT molecular complexity index is 723. The lowest BCUT2D eigenvalue weighted by atomic mass is 9.43. The Morgan fingerprint density at radius 2 is 1.55 bits per heavy atom. The number of hydrogen-bond donors (Lipinski definition) is 3. The van der Waals surface area contributed by atoms with Crippen LogP contribution in [0.1, 0.15) is 78.1 Å². The summed E-state index contributed by atoms with van der Waals surface area (Å²) in [7, 11) is -1.50. The lowest BCUT2D eigenvalue weighted by Gasteiger charge is -2.64. The van der Waals surface area contributed by atoms with Gasteiger partial charge < -0.3 is 19.7 Å². The van der Waals surface area contributed by atoms with Crippen LogP contribution in [0.5, 0.6) is 0 Å². The van der Waals surface area contributed by atoms with Crippen LogP contribution in [0.2, 0.25) is 19.6 Å². The van der Waals surface area contributed by atoms with Crippen LogP contribution in [-0.4, -0.2) is 47.5 Å². The zero-order valence-corrected chi connectivity index (χ0v) is 21.5. The molecule has 0 heterocycles. The molecule has 10 atom stereocenters. The predicted octanol–water partition coefficient (Wildman–Crippen LogP) is 4.72. The highest BCUT2D eigenvalue weighted by Gasteiger charge is 2.75. The van der Waals surface area contributed by atoms with E-state index in [-0.39, 0.29) is 16.9 Å². The van der Waals surface area contributed by atoms with E-state index in [1.54, 1.807) is 0 Å². The Hall–Kier alpha value is 0.0569. The van der Waals surface area contributed by atoms with Crippen LogP contribution in [0.25, 0.3) is 0 Å². The Kier molecular flexibility index (Phi) is 5.18. The van der Waals surface area contributed by atoms with Crippen LogP contribution >= 0.6 is 0 Å². The molecule has 5 heteroatoms. The van der Waals surface area contributed by atoms with Crippen molar-refractivity contribution in [3.63, 3.8) is 0 Å². The van der Waals surface area contributed by atoms with Crippen molar-refractivity contribution in [2.45, 2.75) is 115 Å². The van der Waals surface area contributed by atoms with E-state index in [4.69, 9.17) is 4.43 Å². The van der Waals surface area contributed by atoms with Gasteiger partial charge in [-0.15, -0.1) is 0 Å². The van der Waals surface area contributed by atoms with Crippen LogP contribution in [0.15, 0.2) is 0 Å². The molecule has 0 aromatic carbocycles. The van der Waals surface area contributed by atoms with Crippen molar-refractivity contribution in [1.29, 1.82) is 0 Å². The minimum absolute atomic E-state index is 0.000460. The maximum atomic E-state index is 11.9. The summed E-state index contributed by atoms with van der Waals surface area (Å²) in [5, 5.41) is 34.2. The topological polar surface area (TPSA) is 69.9 Å². The Morgan fingerprint density at radius 1 is 0.903 bits per heavy atom. The van der Waals surface area contributed by atoms with Crippen LogP contribution < -0.4 is 0 Å². The first-order chi connectivity index (χ1) is 14.3. The van der Waals surface area contributed by atoms with Gasteiger partial charge in [-0.1, -0.05) is 13.8 Å². The summed E-state index contributed by atoms with van der Waals surface area (Å²) < 4.78 is 6.08. The minimum atomic E-state index is -1.50. The van der Waals surface area contributed by atoms with Gasteiger partial charge in [0, 0.05) is 13.0 Å². The number of hydrogen-bond acceptors (Lipinski definition) is 4. The quantitative estimate of drug-likeness (QED) is 0.419. The van der Waals surface area contributed by atoms with Crippen molar-refractivity contribution in [1.82, 2.24) is 0 Å². The van der Waals surface area contributed by atoms with Crippen molar-refractivity contribution < 1.29 is 19.7 Å². The highest BCUT2D eigenvalue weighted by molar-refractivity contribution is 6.69. The molecule has 5 rings (SSSR count). The third-order valence-corrected chi connectivity index (χ3v) is 12.3. The largest absolute Gasteiger partial charge is 0.418 e. The summed E-state index contributed by atoms with van der Waals surface area (Å²) in [5.74, 6) is 2.75. The molecule has 4 nitrogen and oxygen atoms in total. The van der Waals surface area contributed by atoms with Crippen molar-refractivity contribution in [2.75, 3.05) is 6.61 Å². The molecule has 0 aromatic heterocycles. The highest BCUT2D eigenvalue weighted by atomic mass is 28.4. The number of rotatable bonds is 5. The molecule has 0 aromatic rings. The molecule has 5 aliphatic carbocycles. The molecule has 5 fully saturated rings. The average molecular weight is 451 g/mol. The monoisotopic (exact) mass is 450 g/mol. The fourth-order valence-electron chi connectivity index (χ4n) is 9.45. The van der Waals surface area contributed by atoms with Gasteiger partial charge >= 0.3 is 0 Å². The smallest absolute Gasteiger partial charge is 0.183 e. The maximum Gasteiger partial charge on any atom is 0.183 e. The lowest BCUT2D eigenvalue weighted by molar-refractivity contribution is -0.233. The second-order valence-corrected chi connectivity index (χ2v) is 18.1. The molecule has 178 valence electrons. The van der Waals surface area contributed by atoms with E-state index < -0.39 is 19.5 Å². The number of aliphatic hydroxyl groups excluding tert-OH is 1. The molecule has 0 amide bonds. The SMILES string of the molecule is C[C@]12CCC3C(C1CC[C@@]2(O)CCCO[Si](C)(C)C)[C@H]1C[C@H]1C1(O)CC(O)CC[C@]31C. The fraction of sp³-hybridized carbons (Fsp3) is 1.00. The first-order valence-electron chi connectivity index (χ1n) is 13.1. The van der Waals surface area contributed by atoms with Gasteiger partial charge in [0.25, 0.3) is 0 Å². The summed E-state index contributed by atoms with van der Waals surface area (Å²) in [6.45, 7) is 12.2. The summed E-state index contributed by atoms with van der Waals surface area (Å²) in [4.78, 5) is 0. The highest BCUT2D eigenvalue weighted by Crippen LogP contribution is 2.77. The summed E-state index contributed by atoms with van der Waals surface area (Å²) in [6.07, 6.45) is 9.27. The van der Waals surface area contributed by atoms with Gasteiger partial charge in [-0.25, -0.2) is 0 Å². The van der Waals surface area contributed by atoms with Crippen LogP contribution in [-0.2, 0) is 4.43 Å². The van der Waals surface area contributed by atoms with E-state index in [0.717, 1.165) is 64.4 Å². The minimum Gasteiger partial charge on any atom is -0.418 e. The molecule has 0 radical (unpaired) electrons. The standard InChI is InChI=1S/C26H46O4Si/c1-23-12-8-20-22(18-15-21(18)26(29)16-17(27)7-11-24(20,26)2)19(23)9-13-25(23,28)10-6-14-30-31(3,4)5/h17-22,27-29H,6-16H2,1-5H3/t17?,18-,19?,20?,21+,22?,23-,24+,25-,26?/m0/s1. The normalized spacial score (nSPS) is 55.7. The fourth-order valence-corrected chi connectivity index (χ4v) is 10.2. The Morgan fingerprint density at radius 3 is 2.26 bits per heavy atom. The lowest BCUT2D eigenvalue weighted by Crippen LogP contribution is -2.65. The molecule has 0 spiro atoms. The summed E-state index contributed by atoms with van der Waals surface area (Å²) >= 11 is 0. The second-order valence-electron chi connectivity index (χ2n) is 13.6. The molecule has 5 unspecified atom stereocenters. The van der Waals surface area contributed by atoms with E-state index in [2.05, 4.69) is 33.5 Å². The molecule has 0 saturated heterocycles. The second kappa shape index (κ2) is 7.04. The van der Waals surface area contributed by atoms with E-state index >= 15 is 0 Å². The van der Waals surface area contributed by atoms with Crippen molar-refractivity contribution in [3.05, 3.63) is 0 Å². The third kappa shape index (κ3) is 3.19. The molecular weight excluding hydrogens is 404 g/mol. The molecular formula is C26H46O4Si. The molecule has 31 heavy (non-hydrogen) atoms. The van der Waals surface area contributed by atoms with Crippen LogP contribution in [0.3, 0.4) is 0 Å². The molecule has 5 saturated carbocycles. The van der Waals surface area contributed by atoms with Crippen molar-refractivity contribution in [2.24, 2.45) is 40.4 Å². The van der Waals surface area contributed by atoms with Gasteiger partial charge in [0.05, 0.1) is 17.3 Å². The van der Waals surface area contributed by atoms with Gasteiger partial charge in [0.15, 0.2) is 8.32 Å². The molecule has 0 aliphatic heterocycles. The van der Waals surface area contributed by atoms with Crippen molar-refractivity contribution >= 4 is 8.32 Å². The first kappa shape index (κ1) is 22.8. The number of fused-ring (bicyclic) bond motifs is 8. The first-order valence-corrected chi connectivity index (χ1v) is 16.5. The maximum absolute atomic E-state index is 11.9. The average Bonchev–Trinajstić information content (AvgIpc) is 3.43. The van der Waals surface area contributed by atoms with E-state index in [1.807, 2.05) is 0 Å². The van der Waals surface area contributed by atoms with Crippen LogP contribution in [0.4, 0.5) is 0 Å². The summed E-state index contributed by atoms with van der Waals surface area (Å²) in [6, 6.07) is 0. The Labute approximate surface area is 190 Å². The summed E-state index contributed by atoms with van der Waals surface area (Å²) in [5.41, 5.74) is -1.30. The number of aliphatic hydroxyl groups is 3. The van der Waals surface area contributed by atoms with Gasteiger partial charge in [-0.3, -0.25) is 0 Å². The van der Waals surface area contributed by atoms with E-state index in [0.29, 0.717) is 36.0 Å². The van der Waals surface area contributed by atoms with Gasteiger partial charge in [0.2, 0.25) is 0 Å². The van der Waals surface area contributed by atoms with E-state index in [9.17, 15) is 15.3 Å². The molecule has 0 bridgehead atoms. The van der Waals surface area contributed by atoms with Gasteiger partial charge in [-0.2, -0.15) is 0 Å². The third-order valence-electron chi connectivity index (χ3n) is 11.2. The van der Waals surface area contributed by atoms with Gasteiger partial charge in [0.1, 0.15) is 0 Å². The van der Waals surface area contributed by atoms with E-state index in [1.165, 1.54) is 0 Å². The van der Waals surface area contributed by atoms with Crippen LogP contribution in [0, 0.1) is 40.4 Å². The predicted molar refractivity (Wildman–Crippen MR) is 125 cm³/mol. The Balaban J connectivity index is 1.36. The van der Waals surface area contributed by atoms with Gasteiger partial charge in [-0.05, 0) is 118 Å². The molecule has 3 N–H and O–H groups in total. The van der Waals surface area contributed by atoms with Crippen molar-refractivity contribution in [3.8, 4) is 0 Å².